The smallest absolute Gasteiger partial charge is 0.268 e. The summed E-state index contributed by atoms with van der Waals surface area (Å²) in [6.45, 7) is 1.68. The van der Waals surface area contributed by atoms with Crippen LogP contribution in [0.1, 0.15) is 17.4 Å². The lowest BCUT2D eigenvalue weighted by Gasteiger charge is -2.18. The molecule has 1 aromatic heterocycles. The highest BCUT2D eigenvalue weighted by molar-refractivity contribution is 14.1. The first-order valence-electron chi connectivity index (χ1n) is 6.85. The quantitative estimate of drug-likeness (QED) is 0.786. The molecule has 0 saturated heterocycles. The average Bonchev–Trinajstić information content (AvgIpc) is 2.95. The van der Waals surface area contributed by atoms with Crippen LogP contribution in [-0.2, 0) is 4.79 Å². The van der Waals surface area contributed by atoms with Crippen LogP contribution in [0.2, 0.25) is 0 Å². The van der Waals surface area contributed by atoms with Gasteiger partial charge in [-0.3, -0.25) is 9.59 Å². The molecule has 0 aliphatic carbocycles. The molecule has 5 nitrogen and oxygen atoms in total. The second-order valence-corrected chi connectivity index (χ2v) is 6.42. The van der Waals surface area contributed by atoms with Gasteiger partial charge in [-0.2, -0.15) is 0 Å². The first-order valence-corrected chi connectivity index (χ1v) is 7.93. The number of nitrogens with zero attached hydrogens (tertiary/aromatic N) is 2. The Hall–Kier alpha value is -1.83. The molecule has 2 amide bonds. The highest BCUT2D eigenvalue weighted by Crippen LogP contribution is 2.16. The van der Waals surface area contributed by atoms with Crippen molar-refractivity contribution < 1.29 is 9.59 Å². The molecule has 1 atom stereocenters. The van der Waals surface area contributed by atoms with Gasteiger partial charge in [0.25, 0.3) is 5.91 Å². The van der Waals surface area contributed by atoms with Crippen LogP contribution in [-0.4, -0.2) is 41.4 Å². The van der Waals surface area contributed by atoms with E-state index in [1.54, 1.807) is 27.1 Å². The van der Waals surface area contributed by atoms with E-state index in [1.807, 2.05) is 41.1 Å². The second-order valence-electron chi connectivity index (χ2n) is 5.17. The summed E-state index contributed by atoms with van der Waals surface area (Å²) in [5.41, 5.74) is 1.41. The van der Waals surface area contributed by atoms with E-state index in [1.165, 1.54) is 4.90 Å². The van der Waals surface area contributed by atoms with E-state index >= 15 is 0 Å². The van der Waals surface area contributed by atoms with Crippen molar-refractivity contribution in [1.29, 1.82) is 0 Å². The summed E-state index contributed by atoms with van der Waals surface area (Å²) in [7, 11) is 3.33. The lowest BCUT2D eigenvalue weighted by molar-refractivity contribution is -0.130. The summed E-state index contributed by atoms with van der Waals surface area (Å²) in [6.07, 6.45) is 1.83. The number of benzene rings is 1. The van der Waals surface area contributed by atoms with Gasteiger partial charge in [0.1, 0.15) is 11.7 Å². The molecule has 1 aromatic carbocycles. The number of halogens is 1. The van der Waals surface area contributed by atoms with Gasteiger partial charge < -0.3 is 14.8 Å². The lowest BCUT2D eigenvalue weighted by Crippen LogP contribution is -2.44. The molecule has 22 heavy (non-hydrogen) atoms. The summed E-state index contributed by atoms with van der Waals surface area (Å²) in [4.78, 5) is 25.7. The predicted molar refractivity (Wildman–Crippen MR) is 94.1 cm³/mol. The molecule has 0 aliphatic heterocycles. The van der Waals surface area contributed by atoms with E-state index in [-0.39, 0.29) is 11.8 Å². The molecule has 0 radical (unpaired) electrons. The summed E-state index contributed by atoms with van der Waals surface area (Å²) in [6, 6.07) is 10.8. The maximum Gasteiger partial charge on any atom is 0.268 e. The van der Waals surface area contributed by atoms with Crippen molar-refractivity contribution >= 4 is 34.4 Å². The van der Waals surface area contributed by atoms with Crippen molar-refractivity contribution in [2.24, 2.45) is 0 Å². The van der Waals surface area contributed by atoms with Gasteiger partial charge >= 0.3 is 0 Å². The largest absolute Gasteiger partial charge is 0.347 e. The Labute approximate surface area is 143 Å². The molecule has 1 unspecified atom stereocenters. The molecule has 2 aromatic rings. The van der Waals surface area contributed by atoms with Crippen LogP contribution < -0.4 is 5.32 Å². The Bertz CT molecular complexity index is 694. The number of rotatable bonds is 4. The zero-order valence-corrected chi connectivity index (χ0v) is 14.9. The van der Waals surface area contributed by atoms with Crippen LogP contribution in [0.4, 0.5) is 0 Å². The van der Waals surface area contributed by atoms with Gasteiger partial charge in [0.05, 0.1) is 0 Å². The normalized spacial score (nSPS) is 11.8. The van der Waals surface area contributed by atoms with Gasteiger partial charge in [0.15, 0.2) is 0 Å². The fourth-order valence-electron chi connectivity index (χ4n) is 2.14. The number of aromatic nitrogens is 1. The fraction of sp³-hybridized carbons (Fsp3) is 0.250. The molecule has 0 aliphatic rings. The molecule has 1 heterocycles. The Morgan fingerprint density at radius 1 is 1.23 bits per heavy atom. The van der Waals surface area contributed by atoms with E-state index in [0.29, 0.717) is 5.69 Å². The van der Waals surface area contributed by atoms with Gasteiger partial charge in [-0.05, 0) is 59.8 Å². The van der Waals surface area contributed by atoms with Crippen LogP contribution >= 0.6 is 22.6 Å². The van der Waals surface area contributed by atoms with Crippen molar-refractivity contribution in [3.05, 3.63) is 51.9 Å². The maximum absolute atomic E-state index is 12.4. The predicted octanol–water partition coefficient (Wildman–Crippen LogP) is 2.29. The molecule has 6 heteroatoms. The van der Waals surface area contributed by atoms with Crippen LogP contribution in [0, 0.1) is 3.57 Å². The summed E-state index contributed by atoms with van der Waals surface area (Å²) < 4.78 is 2.90. The number of nitrogens with one attached hydrogen (secondary N) is 1. The van der Waals surface area contributed by atoms with E-state index in [9.17, 15) is 9.59 Å². The zero-order valence-electron chi connectivity index (χ0n) is 12.7. The maximum atomic E-state index is 12.4. The van der Waals surface area contributed by atoms with Crippen molar-refractivity contribution in [3.63, 3.8) is 0 Å². The molecular formula is C16H18IN3O2. The van der Waals surface area contributed by atoms with E-state index in [2.05, 4.69) is 27.9 Å². The van der Waals surface area contributed by atoms with Crippen molar-refractivity contribution in [3.8, 4) is 5.69 Å². The lowest BCUT2D eigenvalue weighted by atomic mass is 10.2. The zero-order chi connectivity index (χ0) is 16.3. The minimum atomic E-state index is -0.568. The molecule has 2 rings (SSSR count). The SMILES string of the molecule is CC(NC(=O)c1cccn1-c1cccc(I)c1)C(=O)N(C)C. The summed E-state index contributed by atoms with van der Waals surface area (Å²) in [5.74, 6) is -0.410. The number of carbonyl (C=O) groups is 2. The van der Waals surface area contributed by atoms with Crippen molar-refractivity contribution in [2.75, 3.05) is 14.1 Å². The molecule has 1 N–H and O–H groups in total. The molecule has 0 spiro atoms. The van der Waals surface area contributed by atoms with Crippen LogP contribution in [0.25, 0.3) is 5.69 Å². The van der Waals surface area contributed by atoms with E-state index in [0.717, 1.165) is 9.26 Å². The summed E-state index contributed by atoms with van der Waals surface area (Å²) >= 11 is 2.23. The van der Waals surface area contributed by atoms with Crippen LogP contribution in [0.5, 0.6) is 0 Å². The topological polar surface area (TPSA) is 54.3 Å². The number of hydrogen-bond acceptors (Lipinski definition) is 2. The highest BCUT2D eigenvalue weighted by atomic mass is 127. The number of likely N-dealkylation sites (N-methyl/N-ethyl adjacent to an activating group) is 1. The monoisotopic (exact) mass is 411 g/mol. The standard InChI is InChI=1S/C16H18IN3O2/c1-11(16(22)19(2)3)18-15(21)14-8-5-9-20(14)13-7-4-6-12(17)10-13/h4-11H,1-3H3,(H,18,21). The van der Waals surface area contributed by atoms with Gasteiger partial charge in [-0.1, -0.05) is 6.07 Å². The third-order valence-electron chi connectivity index (χ3n) is 3.23. The van der Waals surface area contributed by atoms with Gasteiger partial charge in [-0.25, -0.2) is 0 Å². The Kier molecular flexibility index (Phi) is 5.23. The van der Waals surface area contributed by atoms with Crippen LogP contribution in [0.15, 0.2) is 42.6 Å². The Balaban J connectivity index is 2.22. The molecule has 116 valence electrons. The number of amides is 2. The Morgan fingerprint density at radius 3 is 2.59 bits per heavy atom. The minimum absolute atomic E-state index is 0.138. The van der Waals surface area contributed by atoms with Crippen molar-refractivity contribution in [1.82, 2.24) is 14.8 Å². The van der Waals surface area contributed by atoms with Gasteiger partial charge in [0, 0.05) is 29.5 Å². The first-order chi connectivity index (χ1) is 10.4. The molecule has 0 bridgehead atoms. The first kappa shape index (κ1) is 16.5. The second kappa shape index (κ2) is 6.95. The van der Waals surface area contributed by atoms with Crippen molar-refractivity contribution in [2.45, 2.75) is 13.0 Å². The fourth-order valence-corrected chi connectivity index (χ4v) is 2.66. The molecular weight excluding hydrogens is 393 g/mol. The Morgan fingerprint density at radius 2 is 1.95 bits per heavy atom. The highest BCUT2D eigenvalue weighted by Gasteiger charge is 2.20. The van der Waals surface area contributed by atoms with E-state index in [4.69, 9.17) is 0 Å². The van der Waals surface area contributed by atoms with Crippen LogP contribution in [0.3, 0.4) is 0 Å². The number of carbonyl (C=O) groups excluding carboxylic acids is 2. The number of hydrogen-bond donors (Lipinski definition) is 1. The molecule has 0 fully saturated rings. The average molecular weight is 411 g/mol. The molecule has 0 saturated carbocycles. The van der Waals surface area contributed by atoms with Gasteiger partial charge in [-0.15, -0.1) is 0 Å². The van der Waals surface area contributed by atoms with E-state index < -0.39 is 6.04 Å². The van der Waals surface area contributed by atoms with Gasteiger partial charge in [0.2, 0.25) is 5.91 Å². The summed E-state index contributed by atoms with van der Waals surface area (Å²) in [5, 5.41) is 2.74. The minimum Gasteiger partial charge on any atom is -0.347 e. The third kappa shape index (κ3) is 3.68. The third-order valence-corrected chi connectivity index (χ3v) is 3.90.